The highest BCUT2D eigenvalue weighted by atomic mass is 16.5. The Morgan fingerprint density at radius 1 is 1.05 bits per heavy atom. The van der Waals surface area contributed by atoms with E-state index in [1.165, 1.54) is 35.2 Å². The van der Waals surface area contributed by atoms with Crippen molar-refractivity contribution < 1.29 is 53.8 Å². The zero-order valence-electron chi connectivity index (χ0n) is 23.2. The number of aromatic hydroxyl groups is 2. The molecule has 0 aliphatic carbocycles. The number of urea groups is 1. The Kier molecular flexibility index (Phi) is 9.34. The normalized spacial score (nSPS) is 17.2. The molecule has 0 saturated carbocycles. The molecule has 1 saturated heterocycles. The van der Waals surface area contributed by atoms with E-state index in [0.717, 1.165) is 0 Å². The number of imide groups is 1. The minimum Gasteiger partial charge on any atom is -0.535 e. The highest BCUT2D eigenvalue weighted by molar-refractivity contribution is 6.47. The van der Waals surface area contributed by atoms with Gasteiger partial charge in [0.05, 0.1) is 17.2 Å². The van der Waals surface area contributed by atoms with E-state index in [2.05, 4.69) is 5.32 Å². The number of amides is 4. The molecular weight excluding hydrogens is 565 g/mol. The maximum absolute atomic E-state index is 13.5. The van der Waals surface area contributed by atoms with Crippen LogP contribution >= 0.6 is 0 Å². The van der Waals surface area contributed by atoms with Gasteiger partial charge in [0.2, 0.25) is 0 Å². The molecule has 2 aromatic carbocycles. The van der Waals surface area contributed by atoms with Crippen LogP contribution in [0.1, 0.15) is 52.5 Å². The number of carboxylic acid groups (broad SMARTS) is 1. The fourth-order valence-electron chi connectivity index (χ4n) is 5.10. The van der Waals surface area contributed by atoms with Crippen molar-refractivity contribution in [3.05, 3.63) is 53.1 Å². The lowest BCUT2D eigenvalue weighted by Gasteiger charge is -2.33. The summed E-state index contributed by atoms with van der Waals surface area (Å²) in [5.74, 6) is -6.47. The monoisotopic (exact) mass is 595 g/mol. The van der Waals surface area contributed by atoms with Gasteiger partial charge in [0, 0.05) is 38.3 Å². The zero-order valence-corrected chi connectivity index (χ0v) is 23.2. The average molecular weight is 595 g/mol. The van der Waals surface area contributed by atoms with E-state index in [1.807, 2.05) is 0 Å². The fraction of sp³-hybridized carbons (Fsp3) is 0.357. The molecule has 1 fully saturated rings. The largest absolute Gasteiger partial charge is 0.535 e. The first-order chi connectivity index (χ1) is 20.4. The molecule has 15 heteroatoms. The Hall–Kier alpha value is -4.92. The molecule has 226 valence electrons. The predicted molar refractivity (Wildman–Crippen MR) is 149 cm³/mol. The van der Waals surface area contributed by atoms with Gasteiger partial charge in [-0.05, 0) is 43.5 Å². The Bertz CT molecular complexity index is 1480. The minimum absolute atomic E-state index is 0.0121. The molecule has 4 amide bonds. The number of nitrogens with zero attached hydrogens (tertiary/aromatic N) is 2. The van der Waals surface area contributed by atoms with Gasteiger partial charge in [0.25, 0.3) is 0 Å². The molecule has 2 atom stereocenters. The fourth-order valence-corrected chi connectivity index (χ4v) is 5.10. The lowest BCUT2D eigenvalue weighted by molar-refractivity contribution is -0.153. The molecule has 14 nitrogen and oxygen atoms in total. The number of rotatable bonds is 10. The molecule has 2 aromatic rings. The van der Waals surface area contributed by atoms with Crippen molar-refractivity contribution >= 4 is 42.5 Å². The van der Waals surface area contributed by atoms with E-state index in [9.17, 15) is 49.1 Å². The third-order valence-corrected chi connectivity index (χ3v) is 7.51. The summed E-state index contributed by atoms with van der Waals surface area (Å²) in [6.07, 6.45) is -0.922. The van der Waals surface area contributed by atoms with E-state index in [-0.39, 0.29) is 62.2 Å². The van der Waals surface area contributed by atoms with Gasteiger partial charge in [0.1, 0.15) is 5.75 Å². The third-order valence-electron chi connectivity index (χ3n) is 7.51. The number of nitrogens with one attached hydrogen (secondary N) is 1. The summed E-state index contributed by atoms with van der Waals surface area (Å²) in [5.41, 5.74) is 0.106. The standard InChI is InChI=1S/C28H30BN3O11/c1-2-31-11-12-32(26(38)25(31)37)28(41)30-19(9-10-20(33)17-6-4-8-21(34)23(17)36)22(35)14-16-13-15-5-3-7-18(27(39)40)24(15)43-29(16)42/h3-8,16,19,34,36,42H,2,9-14H2,1H3,(H,30,41)(H,39,40)/t16-,19?/m1/s1. The van der Waals surface area contributed by atoms with Crippen molar-refractivity contribution in [2.24, 2.45) is 0 Å². The summed E-state index contributed by atoms with van der Waals surface area (Å²) in [4.78, 5) is 77.8. The first-order valence-corrected chi connectivity index (χ1v) is 13.6. The van der Waals surface area contributed by atoms with Crippen LogP contribution in [0.5, 0.6) is 17.2 Å². The number of fused-ring (bicyclic) bond motifs is 1. The number of carboxylic acids is 1. The maximum atomic E-state index is 13.5. The predicted octanol–water partition coefficient (Wildman–Crippen LogP) is 0.973. The SMILES string of the molecule is CCN1CCN(C(=O)NC(CCC(=O)c2cccc(O)c2O)C(=O)C[C@H]2Cc3cccc(C(=O)O)c3OB2O)C(=O)C1=O. The highest BCUT2D eigenvalue weighted by Crippen LogP contribution is 2.36. The van der Waals surface area contributed by atoms with E-state index in [4.69, 9.17) is 4.65 Å². The van der Waals surface area contributed by atoms with Crippen LogP contribution in [-0.2, 0) is 20.8 Å². The molecule has 2 aliphatic heterocycles. The number of phenolic OH excluding ortho intramolecular Hbond substituents is 2. The van der Waals surface area contributed by atoms with E-state index in [1.54, 1.807) is 13.0 Å². The Morgan fingerprint density at radius 3 is 2.44 bits per heavy atom. The number of aromatic carboxylic acids is 1. The number of Topliss-reactive ketones (excluding diaryl/α,β-unsaturated/α-hetero) is 2. The highest BCUT2D eigenvalue weighted by Gasteiger charge is 2.40. The van der Waals surface area contributed by atoms with Crippen LogP contribution in [-0.4, -0.2) is 98.3 Å². The third kappa shape index (κ3) is 6.61. The Morgan fingerprint density at radius 2 is 1.74 bits per heavy atom. The molecule has 1 unspecified atom stereocenters. The summed E-state index contributed by atoms with van der Waals surface area (Å²) in [5, 5.41) is 42.3. The minimum atomic E-state index is -1.56. The topological polar surface area (TPSA) is 211 Å². The molecule has 4 rings (SSSR count). The van der Waals surface area contributed by atoms with Crippen LogP contribution < -0.4 is 9.97 Å². The van der Waals surface area contributed by atoms with E-state index < -0.39 is 65.9 Å². The second-order valence-corrected chi connectivity index (χ2v) is 10.2. The number of carbonyl (C=O) groups excluding carboxylic acids is 5. The number of carbonyl (C=O) groups is 6. The van der Waals surface area contributed by atoms with Gasteiger partial charge in [-0.2, -0.15) is 0 Å². The molecular formula is C28H30BN3O11. The molecule has 0 bridgehead atoms. The summed E-state index contributed by atoms with van der Waals surface area (Å²) in [6.45, 7) is 1.94. The van der Waals surface area contributed by atoms with Gasteiger partial charge in [0.15, 0.2) is 23.1 Å². The van der Waals surface area contributed by atoms with Gasteiger partial charge >= 0.3 is 30.9 Å². The quantitative estimate of drug-likeness (QED) is 0.113. The van der Waals surface area contributed by atoms with Crippen molar-refractivity contribution in [1.82, 2.24) is 15.1 Å². The number of phenols is 2. The van der Waals surface area contributed by atoms with E-state index >= 15 is 0 Å². The van der Waals surface area contributed by atoms with Crippen LogP contribution in [0, 0.1) is 0 Å². The first-order valence-electron chi connectivity index (χ1n) is 13.6. The van der Waals surface area contributed by atoms with Gasteiger partial charge < -0.3 is 35.2 Å². The van der Waals surface area contributed by atoms with Gasteiger partial charge in [-0.25, -0.2) is 9.59 Å². The molecule has 2 aliphatic rings. The van der Waals surface area contributed by atoms with Gasteiger partial charge in [-0.1, -0.05) is 18.2 Å². The second-order valence-electron chi connectivity index (χ2n) is 10.2. The smallest absolute Gasteiger partial charge is 0.526 e. The van der Waals surface area contributed by atoms with Crippen LogP contribution in [0.25, 0.3) is 0 Å². The van der Waals surface area contributed by atoms with Crippen molar-refractivity contribution in [3.8, 4) is 17.2 Å². The lowest BCUT2D eigenvalue weighted by atomic mass is 9.64. The molecule has 0 spiro atoms. The molecule has 43 heavy (non-hydrogen) atoms. The van der Waals surface area contributed by atoms with Crippen LogP contribution in [0.3, 0.4) is 0 Å². The zero-order chi connectivity index (χ0) is 31.4. The van der Waals surface area contributed by atoms with Gasteiger partial charge in [-0.3, -0.25) is 24.1 Å². The summed E-state index contributed by atoms with van der Waals surface area (Å²) >= 11 is 0. The molecule has 0 radical (unpaired) electrons. The first kappa shape index (κ1) is 31.0. The van der Waals surface area contributed by atoms with Crippen molar-refractivity contribution in [2.75, 3.05) is 19.6 Å². The van der Waals surface area contributed by atoms with Crippen molar-refractivity contribution in [3.63, 3.8) is 0 Å². The van der Waals surface area contributed by atoms with Crippen molar-refractivity contribution in [2.45, 2.75) is 44.5 Å². The Labute approximate surface area is 246 Å². The lowest BCUT2D eigenvalue weighted by Crippen LogP contribution is -2.59. The molecule has 0 aromatic heterocycles. The van der Waals surface area contributed by atoms with E-state index in [0.29, 0.717) is 10.5 Å². The number of ketones is 2. The molecule has 2 heterocycles. The molecule has 5 N–H and O–H groups in total. The van der Waals surface area contributed by atoms with Gasteiger partial charge in [-0.15, -0.1) is 0 Å². The number of piperazine rings is 1. The summed E-state index contributed by atoms with van der Waals surface area (Å²) in [7, 11) is -1.56. The van der Waals surface area contributed by atoms with Crippen molar-refractivity contribution in [1.29, 1.82) is 0 Å². The van der Waals surface area contributed by atoms with Crippen LogP contribution in [0.15, 0.2) is 36.4 Å². The maximum Gasteiger partial charge on any atom is 0.526 e. The van der Waals surface area contributed by atoms with Crippen LogP contribution in [0.2, 0.25) is 5.82 Å². The number of para-hydroxylation sites is 2. The summed E-state index contributed by atoms with van der Waals surface area (Å²) < 4.78 is 5.46. The number of likely N-dealkylation sites (N-methyl/N-ethyl adjacent to an activating group) is 1. The average Bonchev–Trinajstić information content (AvgIpc) is 2.97. The summed E-state index contributed by atoms with van der Waals surface area (Å²) in [6, 6.07) is 5.86. The number of benzene rings is 2. The van der Waals surface area contributed by atoms with Crippen LogP contribution in [0.4, 0.5) is 4.79 Å². The second kappa shape index (κ2) is 12.9. The number of hydrogen-bond acceptors (Lipinski definition) is 10. The Balaban J connectivity index is 1.52. The number of hydrogen-bond donors (Lipinski definition) is 5.